The smallest absolute Gasteiger partial charge is 0.226 e. The van der Waals surface area contributed by atoms with Gasteiger partial charge in [-0.15, -0.1) is 15.3 Å². The number of carbonyl (C=O) groups is 1. The molecule has 1 aliphatic heterocycles. The van der Waals surface area contributed by atoms with E-state index in [1.807, 2.05) is 25.1 Å². The summed E-state index contributed by atoms with van der Waals surface area (Å²) >= 11 is 3.54. The summed E-state index contributed by atoms with van der Waals surface area (Å²) in [6, 6.07) is 9.48. The number of aromatic nitrogens is 6. The van der Waals surface area contributed by atoms with Crippen LogP contribution in [-0.2, 0) is 4.79 Å². The van der Waals surface area contributed by atoms with Crippen molar-refractivity contribution in [3.05, 3.63) is 58.0 Å². The van der Waals surface area contributed by atoms with Crippen LogP contribution in [0.25, 0.3) is 11.5 Å². The second kappa shape index (κ2) is 6.66. The Balaban J connectivity index is 1.65. The first-order chi connectivity index (χ1) is 14.0. The van der Waals surface area contributed by atoms with E-state index in [1.54, 1.807) is 28.4 Å². The summed E-state index contributed by atoms with van der Waals surface area (Å²) in [6.45, 7) is 1.94. The van der Waals surface area contributed by atoms with Crippen LogP contribution in [0.5, 0.6) is 5.75 Å². The zero-order chi connectivity index (χ0) is 20.1. The fourth-order valence-electron chi connectivity index (χ4n) is 3.73. The largest absolute Gasteiger partial charge is 0.496 e. The minimum absolute atomic E-state index is 0.0685. The van der Waals surface area contributed by atoms with E-state index in [4.69, 9.17) is 4.74 Å². The molecule has 9 nitrogen and oxygen atoms in total. The molecular weight excluding hydrogens is 438 g/mol. The third-order valence-corrected chi connectivity index (χ3v) is 5.67. The number of hydrogen-bond acceptors (Lipinski definition) is 6. The van der Waals surface area contributed by atoms with Gasteiger partial charge in [0, 0.05) is 17.9 Å². The average Bonchev–Trinajstić information content (AvgIpc) is 3.31. The maximum absolute atomic E-state index is 12.5. The molecule has 29 heavy (non-hydrogen) atoms. The van der Waals surface area contributed by atoms with Gasteiger partial charge in [-0.1, -0.05) is 6.07 Å². The van der Waals surface area contributed by atoms with Crippen molar-refractivity contribution in [2.45, 2.75) is 19.3 Å². The minimum atomic E-state index is -0.117. The number of rotatable bonds is 3. The Bertz CT molecular complexity index is 1260. The fourth-order valence-corrected chi connectivity index (χ4v) is 4.29. The monoisotopic (exact) mass is 453 g/mol. The molecule has 0 spiro atoms. The van der Waals surface area contributed by atoms with Gasteiger partial charge in [-0.05, 0) is 52.7 Å². The van der Waals surface area contributed by atoms with Gasteiger partial charge in [-0.3, -0.25) is 4.79 Å². The Labute approximate surface area is 173 Å². The summed E-state index contributed by atoms with van der Waals surface area (Å²) in [4.78, 5) is 12.5. The summed E-state index contributed by atoms with van der Waals surface area (Å²) in [5.41, 5.74) is 3.46. The average molecular weight is 454 g/mol. The molecule has 0 bridgehead atoms. The molecule has 1 N–H and O–H groups in total. The standard InChI is InChI=1S/C19H16BrN7O2/c1-10-18-12(11-3-4-14(29-2)13(20)7-11)8-17(28)22-19(18)27(24-10)16-6-5-15-23-21-9-26(15)25-16/h3-7,9,12H,8H2,1-2H3,(H,22,28)/t12-/m1/s1. The van der Waals surface area contributed by atoms with Crippen LogP contribution >= 0.6 is 15.9 Å². The van der Waals surface area contributed by atoms with Crippen LogP contribution in [0.15, 0.2) is 41.1 Å². The van der Waals surface area contributed by atoms with Crippen molar-refractivity contribution in [3.63, 3.8) is 0 Å². The Morgan fingerprint density at radius 2 is 2.10 bits per heavy atom. The molecule has 3 aromatic heterocycles. The Morgan fingerprint density at radius 1 is 1.24 bits per heavy atom. The Hall–Kier alpha value is -3.27. The van der Waals surface area contributed by atoms with Crippen LogP contribution in [0, 0.1) is 6.92 Å². The third-order valence-electron chi connectivity index (χ3n) is 5.05. The van der Waals surface area contributed by atoms with Crippen molar-refractivity contribution in [1.82, 2.24) is 29.6 Å². The second-order valence-electron chi connectivity index (χ2n) is 6.78. The van der Waals surface area contributed by atoms with Gasteiger partial charge in [-0.2, -0.15) is 14.3 Å². The SMILES string of the molecule is COc1ccc([C@H]2CC(=O)Nc3c2c(C)nn3-c2ccc3nncn3n2)cc1Br. The molecule has 1 amide bonds. The predicted octanol–water partition coefficient (Wildman–Crippen LogP) is 2.86. The van der Waals surface area contributed by atoms with Crippen molar-refractivity contribution >= 4 is 33.3 Å². The molecule has 0 saturated carbocycles. The van der Waals surface area contributed by atoms with Crippen molar-refractivity contribution in [2.75, 3.05) is 12.4 Å². The van der Waals surface area contributed by atoms with Crippen LogP contribution < -0.4 is 10.1 Å². The fraction of sp³-hybridized carbons (Fsp3) is 0.211. The van der Waals surface area contributed by atoms with E-state index in [0.29, 0.717) is 23.7 Å². The number of nitrogens with one attached hydrogen (secondary N) is 1. The molecule has 0 radical (unpaired) electrons. The number of hydrogen-bond donors (Lipinski definition) is 1. The van der Waals surface area contributed by atoms with E-state index in [-0.39, 0.29) is 11.8 Å². The molecule has 1 atom stereocenters. The number of benzene rings is 1. The lowest BCUT2D eigenvalue weighted by Gasteiger charge is -2.24. The van der Waals surface area contributed by atoms with E-state index in [1.165, 1.54) is 6.33 Å². The van der Waals surface area contributed by atoms with Gasteiger partial charge in [0.25, 0.3) is 0 Å². The maximum Gasteiger partial charge on any atom is 0.226 e. The van der Waals surface area contributed by atoms with Crippen LogP contribution in [0.2, 0.25) is 0 Å². The summed E-state index contributed by atoms with van der Waals surface area (Å²) in [6.07, 6.45) is 1.87. The molecule has 0 unspecified atom stereocenters. The van der Waals surface area contributed by atoms with Gasteiger partial charge >= 0.3 is 0 Å². The van der Waals surface area contributed by atoms with E-state index in [9.17, 15) is 4.79 Å². The molecule has 10 heteroatoms. The van der Waals surface area contributed by atoms with Crippen molar-refractivity contribution < 1.29 is 9.53 Å². The molecule has 4 heterocycles. The zero-order valence-corrected chi connectivity index (χ0v) is 17.2. The zero-order valence-electron chi connectivity index (χ0n) is 15.6. The molecule has 1 aromatic carbocycles. The highest BCUT2D eigenvalue weighted by Crippen LogP contribution is 2.41. The van der Waals surface area contributed by atoms with Crippen molar-refractivity contribution in [1.29, 1.82) is 0 Å². The molecule has 1 aliphatic rings. The summed E-state index contributed by atoms with van der Waals surface area (Å²) in [5, 5.41) is 20.0. The molecular formula is C19H16BrN7O2. The topological polar surface area (TPSA) is 99.2 Å². The number of methoxy groups -OCH3 is 1. The van der Waals surface area contributed by atoms with E-state index < -0.39 is 0 Å². The maximum atomic E-state index is 12.5. The van der Waals surface area contributed by atoms with E-state index in [2.05, 4.69) is 41.6 Å². The molecule has 0 fully saturated rings. The molecule has 0 aliphatic carbocycles. The molecule has 4 aromatic rings. The number of carbonyl (C=O) groups excluding carboxylic acids is 1. The van der Waals surface area contributed by atoms with Gasteiger partial charge in [0.2, 0.25) is 5.91 Å². The summed E-state index contributed by atoms with van der Waals surface area (Å²) in [7, 11) is 1.62. The number of ether oxygens (including phenoxy) is 1. The first kappa shape index (κ1) is 17.8. The Kier molecular flexibility index (Phi) is 4.09. The van der Waals surface area contributed by atoms with Crippen LogP contribution in [0.3, 0.4) is 0 Å². The van der Waals surface area contributed by atoms with Gasteiger partial charge in [0.1, 0.15) is 17.9 Å². The minimum Gasteiger partial charge on any atom is -0.496 e. The number of aryl methyl sites for hydroxylation is 1. The van der Waals surface area contributed by atoms with Crippen LogP contribution in [-0.4, -0.2) is 42.6 Å². The van der Waals surface area contributed by atoms with Crippen molar-refractivity contribution in [3.8, 4) is 11.6 Å². The number of amides is 1. The van der Waals surface area contributed by atoms with Crippen LogP contribution in [0.1, 0.15) is 29.2 Å². The van der Waals surface area contributed by atoms with E-state index in [0.717, 1.165) is 27.0 Å². The Morgan fingerprint density at radius 3 is 2.90 bits per heavy atom. The van der Waals surface area contributed by atoms with Gasteiger partial charge in [0.05, 0.1) is 17.3 Å². The third kappa shape index (κ3) is 2.87. The first-order valence-electron chi connectivity index (χ1n) is 8.95. The lowest BCUT2D eigenvalue weighted by molar-refractivity contribution is -0.116. The summed E-state index contributed by atoms with van der Waals surface area (Å²) < 4.78 is 9.40. The summed E-state index contributed by atoms with van der Waals surface area (Å²) in [5.74, 6) is 1.76. The highest BCUT2D eigenvalue weighted by molar-refractivity contribution is 9.10. The molecule has 5 rings (SSSR count). The van der Waals surface area contributed by atoms with Gasteiger partial charge < -0.3 is 10.1 Å². The van der Waals surface area contributed by atoms with Crippen molar-refractivity contribution in [2.24, 2.45) is 0 Å². The number of anilines is 1. The van der Waals surface area contributed by atoms with Crippen LogP contribution in [0.4, 0.5) is 5.82 Å². The lowest BCUT2D eigenvalue weighted by atomic mass is 9.86. The second-order valence-corrected chi connectivity index (χ2v) is 7.64. The highest BCUT2D eigenvalue weighted by Gasteiger charge is 2.33. The van der Waals surface area contributed by atoms with E-state index >= 15 is 0 Å². The van der Waals surface area contributed by atoms with Gasteiger partial charge in [0.15, 0.2) is 11.5 Å². The molecule has 146 valence electrons. The number of nitrogens with zero attached hydrogens (tertiary/aromatic N) is 6. The normalized spacial score (nSPS) is 16.0. The molecule has 0 saturated heterocycles. The highest BCUT2D eigenvalue weighted by atomic mass is 79.9. The first-order valence-corrected chi connectivity index (χ1v) is 9.74. The number of fused-ring (bicyclic) bond motifs is 2. The lowest BCUT2D eigenvalue weighted by Crippen LogP contribution is -2.25. The predicted molar refractivity (Wildman–Crippen MR) is 108 cm³/mol. The van der Waals surface area contributed by atoms with Gasteiger partial charge in [-0.25, -0.2) is 0 Å². The quantitative estimate of drug-likeness (QED) is 0.511. The number of halogens is 1.